The summed E-state index contributed by atoms with van der Waals surface area (Å²) in [5.41, 5.74) is 0. The molecule has 3 fully saturated rings. The number of halogens is 1. The highest BCUT2D eigenvalue weighted by atomic mass is 35.5. The third-order valence-corrected chi connectivity index (χ3v) is 9.23. The lowest BCUT2D eigenvalue weighted by molar-refractivity contribution is -0.143. The van der Waals surface area contributed by atoms with Crippen molar-refractivity contribution in [3.05, 3.63) is 26.8 Å². The number of piperidine rings is 1. The Kier molecular flexibility index (Phi) is 8.88. The number of carbonyl (C=O) groups excluding carboxylic acids is 2. The van der Waals surface area contributed by atoms with Crippen LogP contribution in [0.4, 0.5) is 0 Å². The summed E-state index contributed by atoms with van der Waals surface area (Å²) in [6, 6.07) is 2.74. The van der Waals surface area contributed by atoms with E-state index in [0.29, 0.717) is 35.1 Å². The second-order valence-corrected chi connectivity index (χ2v) is 12.9. The number of likely N-dealkylation sites (N-methyl/N-ethyl adjacent to an activating group) is 1. The summed E-state index contributed by atoms with van der Waals surface area (Å²) < 4.78 is 28.1. The molecular weight excluding hydrogens is 510 g/mol. The van der Waals surface area contributed by atoms with Crippen LogP contribution in [0.25, 0.3) is 6.08 Å². The Morgan fingerprint density at radius 2 is 1.89 bits per heavy atom. The van der Waals surface area contributed by atoms with Gasteiger partial charge < -0.3 is 14.7 Å². The third-order valence-electron chi connectivity index (χ3n) is 6.93. The first kappa shape index (κ1) is 26.6. The van der Waals surface area contributed by atoms with E-state index in [4.69, 9.17) is 11.6 Å². The van der Waals surface area contributed by atoms with Crippen LogP contribution in [-0.2, 0) is 19.6 Å². The van der Waals surface area contributed by atoms with E-state index in [2.05, 4.69) is 21.6 Å². The van der Waals surface area contributed by atoms with E-state index in [1.165, 1.54) is 22.3 Å². The van der Waals surface area contributed by atoms with Crippen LogP contribution in [0.15, 0.2) is 17.5 Å². The van der Waals surface area contributed by atoms with Crippen molar-refractivity contribution in [2.75, 3.05) is 59.4 Å². The van der Waals surface area contributed by atoms with Gasteiger partial charge in [-0.25, -0.2) is 8.42 Å². The van der Waals surface area contributed by atoms with Crippen LogP contribution in [0.3, 0.4) is 0 Å². The molecular formula is C23H34ClN5O4S2. The number of hydrogen-bond acceptors (Lipinski definition) is 7. The van der Waals surface area contributed by atoms with Gasteiger partial charge in [-0.05, 0) is 50.9 Å². The summed E-state index contributed by atoms with van der Waals surface area (Å²) in [6.45, 7) is 6.14. The molecule has 12 heteroatoms. The van der Waals surface area contributed by atoms with E-state index < -0.39 is 16.1 Å². The van der Waals surface area contributed by atoms with Gasteiger partial charge in [-0.1, -0.05) is 11.6 Å². The first-order valence-corrected chi connectivity index (χ1v) is 14.9. The van der Waals surface area contributed by atoms with Crippen molar-refractivity contribution in [1.82, 2.24) is 24.3 Å². The van der Waals surface area contributed by atoms with Crippen molar-refractivity contribution in [3.8, 4) is 0 Å². The van der Waals surface area contributed by atoms with E-state index in [-0.39, 0.29) is 24.4 Å². The van der Waals surface area contributed by atoms with E-state index in [9.17, 15) is 18.0 Å². The third kappa shape index (κ3) is 7.27. The Morgan fingerprint density at radius 1 is 1.14 bits per heavy atom. The highest BCUT2D eigenvalue weighted by molar-refractivity contribution is 7.92. The van der Waals surface area contributed by atoms with Gasteiger partial charge in [0.1, 0.15) is 6.04 Å². The van der Waals surface area contributed by atoms with Crippen molar-refractivity contribution in [2.45, 2.75) is 37.8 Å². The first-order valence-electron chi connectivity index (χ1n) is 12.1. The van der Waals surface area contributed by atoms with Gasteiger partial charge in [-0.2, -0.15) is 4.72 Å². The first-order chi connectivity index (χ1) is 16.7. The van der Waals surface area contributed by atoms with Gasteiger partial charge in [0.25, 0.3) is 0 Å². The van der Waals surface area contributed by atoms with Gasteiger partial charge in [-0.3, -0.25) is 14.5 Å². The van der Waals surface area contributed by atoms with Crippen LogP contribution in [0.5, 0.6) is 0 Å². The lowest BCUT2D eigenvalue weighted by atomic mass is 10.1. The highest BCUT2D eigenvalue weighted by Gasteiger charge is 2.36. The summed E-state index contributed by atoms with van der Waals surface area (Å²) in [6.07, 6.45) is 4.47. The molecule has 4 rings (SSSR count). The molecule has 2 unspecified atom stereocenters. The lowest BCUT2D eigenvalue weighted by Crippen LogP contribution is -2.55. The molecule has 3 aliphatic heterocycles. The van der Waals surface area contributed by atoms with Crippen molar-refractivity contribution in [2.24, 2.45) is 0 Å². The van der Waals surface area contributed by atoms with Crippen molar-refractivity contribution >= 4 is 50.9 Å². The second-order valence-electron chi connectivity index (χ2n) is 9.55. The molecule has 1 aromatic rings. The maximum atomic E-state index is 13.2. The van der Waals surface area contributed by atoms with Gasteiger partial charge in [0.15, 0.2) is 0 Å². The summed E-state index contributed by atoms with van der Waals surface area (Å²) in [4.78, 5) is 35.1. The molecule has 4 heterocycles. The molecule has 0 radical (unpaired) electrons. The Labute approximate surface area is 216 Å². The van der Waals surface area contributed by atoms with Crippen LogP contribution >= 0.6 is 22.9 Å². The number of rotatable bonds is 8. The number of amides is 2. The summed E-state index contributed by atoms with van der Waals surface area (Å²) in [5, 5.41) is 1.06. The van der Waals surface area contributed by atoms with Gasteiger partial charge in [-0.15, -0.1) is 11.3 Å². The van der Waals surface area contributed by atoms with E-state index in [1.807, 2.05) is 4.90 Å². The van der Waals surface area contributed by atoms with Crippen LogP contribution < -0.4 is 4.72 Å². The summed E-state index contributed by atoms with van der Waals surface area (Å²) in [7, 11) is -1.69. The Balaban J connectivity index is 1.31. The molecule has 9 nitrogen and oxygen atoms in total. The standard InChI is InChI=1S/C23H34ClN5O4S2/c1-26-11-13-27(14-12-26)16-18-4-2-10-29(18)22(30)17-28-9-3-5-20(23(28)31)25-35(32,33)15-8-19-6-7-21(24)34-19/h6-8,15,18,20,25H,2-5,9-14,16-17H2,1H3/b15-8+. The molecule has 194 valence electrons. The zero-order chi connectivity index (χ0) is 25.0. The maximum Gasteiger partial charge on any atom is 0.242 e. The fraction of sp³-hybridized carbons (Fsp3) is 0.652. The predicted octanol–water partition coefficient (Wildman–Crippen LogP) is 1.52. The summed E-state index contributed by atoms with van der Waals surface area (Å²) in [5.74, 6) is -0.386. The van der Waals surface area contributed by atoms with Crippen LogP contribution in [-0.4, -0.2) is 111 Å². The van der Waals surface area contributed by atoms with E-state index in [0.717, 1.165) is 51.0 Å². The molecule has 0 aromatic carbocycles. The smallest absolute Gasteiger partial charge is 0.242 e. The number of piperazine rings is 1. The number of likely N-dealkylation sites (tertiary alicyclic amines) is 2. The minimum atomic E-state index is -3.82. The maximum absolute atomic E-state index is 13.2. The molecule has 2 atom stereocenters. The molecule has 0 spiro atoms. The molecule has 0 aliphatic carbocycles. The van der Waals surface area contributed by atoms with Crippen LogP contribution in [0, 0.1) is 0 Å². The SMILES string of the molecule is CN1CCN(CC2CCCN2C(=O)CN2CCCC(NS(=O)(=O)/C=C/c3ccc(Cl)s3)C2=O)CC1. The van der Waals surface area contributed by atoms with Gasteiger partial charge in [0.2, 0.25) is 21.8 Å². The van der Waals surface area contributed by atoms with Crippen molar-refractivity contribution in [1.29, 1.82) is 0 Å². The quantitative estimate of drug-likeness (QED) is 0.534. The topological polar surface area (TPSA) is 93.3 Å². The highest BCUT2D eigenvalue weighted by Crippen LogP contribution is 2.23. The molecule has 2 amide bonds. The largest absolute Gasteiger partial charge is 0.337 e. The number of sulfonamides is 1. The van der Waals surface area contributed by atoms with Crippen LogP contribution in [0.1, 0.15) is 30.6 Å². The fourth-order valence-corrected chi connectivity index (χ4v) is 7.02. The average Bonchev–Trinajstić information content (AvgIpc) is 3.45. The Morgan fingerprint density at radius 3 is 2.60 bits per heavy atom. The fourth-order valence-electron chi connectivity index (χ4n) is 4.96. The van der Waals surface area contributed by atoms with Gasteiger partial charge >= 0.3 is 0 Å². The number of nitrogens with zero attached hydrogens (tertiary/aromatic N) is 4. The van der Waals surface area contributed by atoms with E-state index in [1.54, 1.807) is 12.1 Å². The second kappa shape index (κ2) is 11.7. The normalized spacial score (nSPS) is 25.1. The lowest BCUT2D eigenvalue weighted by Gasteiger charge is -2.37. The number of nitrogens with one attached hydrogen (secondary N) is 1. The number of hydrogen-bond donors (Lipinski definition) is 1. The molecule has 0 saturated carbocycles. The van der Waals surface area contributed by atoms with Gasteiger partial charge in [0, 0.05) is 62.1 Å². The van der Waals surface area contributed by atoms with Crippen molar-refractivity contribution < 1.29 is 18.0 Å². The van der Waals surface area contributed by atoms with Crippen LogP contribution in [0.2, 0.25) is 4.34 Å². The molecule has 1 aromatic heterocycles. The minimum Gasteiger partial charge on any atom is -0.337 e. The number of thiophene rings is 1. The summed E-state index contributed by atoms with van der Waals surface area (Å²) >= 11 is 7.16. The van der Waals surface area contributed by atoms with Gasteiger partial charge in [0.05, 0.1) is 10.9 Å². The Hall–Kier alpha value is -1.50. The zero-order valence-corrected chi connectivity index (χ0v) is 22.5. The molecule has 3 aliphatic rings. The van der Waals surface area contributed by atoms with E-state index >= 15 is 0 Å². The number of carbonyl (C=O) groups is 2. The molecule has 0 bridgehead atoms. The molecule has 35 heavy (non-hydrogen) atoms. The van der Waals surface area contributed by atoms with Crippen molar-refractivity contribution in [3.63, 3.8) is 0 Å². The Bertz CT molecular complexity index is 1040. The zero-order valence-electron chi connectivity index (χ0n) is 20.1. The minimum absolute atomic E-state index is 0.000166. The predicted molar refractivity (Wildman–Crippen MR) is 139 cm³/mol. The molecule has 3 saturated heterocycles. The monoisotopic (exact) mass is 543 g/mol. The average molecular weight is 544 g/mol. The molecule has 1 N–H and O–H groups in total.